The van der Waals surface area contributed by atoms with Crippen molar-refractivity contribution in [3.8, 4) is 11.5 Å². The van der Waals surface area contributed by atoms with Crippen LogP contribution in [-0.2, 0) is 0 Å². The molecule has 1 aromatic carbocycles. The van der Waals surface area contributed by atoms with E-state index in [0.29, 0.717) is 6.04 Å². The zero-order chi connectivity index (χ0) is 11.4. The molecule has 3 heteroatoms. The summed E-state index contributed by atoms with van der Waals surface area (Å²) in [7, 11) is 5.36. The zero-order valence-electron chi connectivity index (χ0n) is 10.1. The van der Waals surface area contributed by atoms with Crippen molar-refractivity contribution in [1.82, 2.24) is 0 Å². The first kappa shape index (κ1) is 11.7. The molecular formula is C12H19NO2. The number of methoxy groups -OCH3 is 2. The van der Waals surface area contributed by atoms with Gasteiger partial charge in [-0.2, -0.15) is 0 Å². The van der Waals surface area contributed by atoms with Gasteiger partial charge in [0.05, 0.1) is 19.9 Å². The quantitative estimate of drug-likeness (QED) is 0.760. The van der Waals surface area contributed by atoms with E-state index in [1.165, 1.54) is 0 Å². The third-order valence-corrected chi connectivity index (χ3v) is 2.54. The van der Waals surface area contributed by atoms with E-state index < -0.39 is 0 Å². The van der Waals surface area contributed by atoms with Gasteiger partial charge in [-0.05, 0) is 26.0 Å². The summed E-state index contributed by atoms with van der Waals surface area (Å²) >= 11 is 0. The minimum atomic E-state index is 0.422. The average molecular weight is 209 g/mol. The van der Waals surface area contributed by atoms with Crippen LogP contribution in [0.3, 0.4) is 0 Å². The maximum absolute atomic E-state index is 5.37. The number of hydrogen-bond acceptors (Lipinski definition) is 3. The van der Waals surface area contributed by atoms with Crippen molar-refractivity contribution in [2.24, 2.45) is 0 Å². The molecule has 84 valence electrons. The number of para-hydroxylation sites is 1. The molecule has 0 aliphatic heterocycles. The van der Waals surface area contributed by atoms with Gasteiger partial charge >= 0.3 is 0 Å². The lowest BCUT2D eigenvalue weighted by Gasteiger charge is -2.26. The first-order chi connectivity index (χ1) is 7.11. The van der Waals surface area contributed by atoms with Gasteiger partial charge in [-0.15, -0.1) is 0 Å². The largest absolute Gasteiger partial charge is 0.493 e. The van der Waals surface area contributed by atoms with Gasteiger partial charge in [0, 0.05) is 13.1 Å². The van der Waals surface area contributed by atoms with E-state index >= 15 is 0 Å². The van der Waals surface area contributed by atoms with Gasteiger partial charge in [-0.25, -0.2) is 0 Å². The van der Waals surface area contributed by atoms with Crippen LogP contribution in [0.15, 0.2) is 18.2 Å². The molecule has 0 aromatic heterocycles. The summed E-state index contributed by atoms with van der Waals surface area (Å²) in [5.41, 5.74) is 1.05. The predicted molar refractivity (Wildman–Crippen MR) is 63.1 cm³/mol. The first-order valence-corrected chi connectivity index (χ1v) is 5.05. The summed E-state index contributed by atoms with van der Waals surface area (Å²) in [5, 5.41) is 0. The Hall–Kier alpha value is -1.38. The Morgan fingerprint density at radius 3 is 2.27 bits per heavy atom. The molecule has 0 fully saturated rings. The third kappa shape index (κ3) is 2.35. The van der Waals surface area contributed by atoms with Crippen LogP contribution in [0.4, 0.5) is 5.69 Å². The van der Waals surface area contributed by atoms with E-state index in [1.54, 1.807) is 14.2 Å². The maximum Gasteiger partial charge on any atom is 0.184 e. The molecule has 0 spiro atoms. The lowest BCUT2D eigenvalue weighted by molar-refractivity contribution is 0.355. The summed E-state index contributed by atoms with van der Waals surface area (Å²) < 4.78 is 10.6. The van der Waals surface area contributed by atoms with Crippen LogP contribution in [0, 0.1) is 0 Å². The molecule has 1 rings (SSSR count). The molecule has 0 amide bonds. The minimum absolute atomic E-state index is 0.422. The molecule has 0 saturated heterocycles. The van der Waals surface area contributed by atoms with E-state index in [2.05, 4.69) is 18.7 Å². The van der Waals surface area contributed by atoms with Gasteiger partial charge in [0.25, 0.3) is 0 Å². The number of hydrogen-bond donors (Lipinski definition) is 0. The predicted octanol–water partition coefficient (Wildman–Crippen LogP) is 2.55. The highest BCUT2D eigenvalue weighted by atomic mass is 16.5. The number of rotatable bonds is 4. The van der Waals surface area contributed by atoms with Crippen LogP contribution in [-0.4, -0.2) is 27.3 Å². The van der Waals surface area contributed by atoms with Crippen molar-refractivity contribution >= 4 is 5.69 Å². The van der Waals surface area contributed by atoms with Crippen molar-refractivity contribution in [3.63, 3.8) is 0 Å². The second-order valence-corrected chi connectivity index (χ2v) is 3.72. The fourth-order valence-electron chi connectivity index (χ4n) is 1.43. The second-order valence-electron chi connectivity index (χ2n) is 3.72. The number of anilines is 1. The smallest absolute Gasteiger partial charge is 0.184 e. The van der Waals surface area contributed by atoms with E-state index in [0.717, 1.165) is 17.2 Å². The van der Waals surface area contributed by atoms with Crippen LogP contribution in [0.25, 0.3) is 0 Å². The van der Waals surface area contributed by atoms with Crippen LogP contribution in [0.1, 0.15) is 13.8 Å². The molecule has 0 aliphatic rings. The van der Waals surface area contributed by atoms with Crippen molar-refractivity contribution in [2.75, 3.05) is 26.2 Å². The van der Waals surface area contributed by atoms with E-state index in [-0.39, 0.29) is 0 Å². The van der Waals surface area contributed by atoms with Gasteiger partial charge < -0.3 is 14.4 Å². The summed E-state index contributed by atoms with van der Waals surface area (Å²) in [5.74, 6) is 1.55. The van der Waals surface area contributed by atoms with Gasteiger partial charge in [0.15, 0.2) is 11.5 Å². The normalized spacial score (nSPS) is 10.3. The molecule has 15 heavy (non-hydrogen) atoms. The highest BCUT2D eigenvalue weighted by Gasteiger charge is 2.14. The molecule has 0 unspecified atom stereocenters. The highest BCUT2D eigenvalue weighted by Crippen LogP contribution is 2.37. The Bertz CT molecular complexity index is 323. The fraction of sp³-hybridized carbons (Fsp3) is 0.500. The molecule has 1 aromatic rings. The van der Waals surface area contributed by atoms with Crippen LogP contribution < -0.4 is 14.4 Å². The maximum atomic E-state index is 5.37. The molecular weight excluding hydrogens is 190 g/mol. The van der Waals surface area contributed by atoms with Gasteiger partial charge in [0.1, 0.15) is 0 Å². The second kappa shape index (κ2) is 4.91. The Morgan fingerprint density at radius 1 is 1.13 bits per heavy atom. The topological polar surface area (TPSA) is 21.7 Å². The molecule has 0 heterocycles. The van der Waals surface area contributed by atoms with Gasteiger partial charge in [-0.1, -0.05) is 6.07 Å². The standard InChI is InChI=1S/C12H19NO2/c1-9(2)13(3)10-7-6-8-11(14-4)12(10)15-5/h6-9H,1-5H3. The monoisotopic (exact) mass is 209 g/mol. The Morgan fingerprint density at radius 2 is 1.80 bits per heavy atom. The first-order valence-electron chi connectivity index (χ1n) is 5.05. The third-order valence-electron chi connectivity index (χ3n) is 2.54. The molecule has 0 bridgehead atoms. The van der Waals surface area contributed by atoms with Crippen molar-refractivity contribution < 1.29 is 9.47 Å². The van der Waals surface area contributed by atoms with E-state index in [4.69, 9.17) is 9.47 Å². The molecule has 0 saturated carbocycles. The number of nitrogens with zero attached hydrogens (tertiary/aromatic N) is 1. The molecule has 0 N–H and O–H groups in total. The Labute approximate surface area is 91.6 Å². The summed E-state index contributed by atoms with van der Waals surface area (Å²) in [6.45, 7) is 4.28. The molecule has 3 nitrogen and oxygen atoms in total. The van der Waals surface area contributed by atoms with Crippen LogP contribution in [0.5, 0.6) is 11.5 Å². The van der Waals surface area contributed by atoms with Crippen molar-refractivity contribution in [3.05, 3.63) is 18.2 Å². The van der Waals surface area contributed by atoms with Crippen LogP contribution >= 0.6 is 0 Å². The summed E-state index contributed by atoms with van der Waals surface area (Å²) in [4.78, 5) is 2.15. The van der Waals surface area contributed by atoms with Crippen LogP contribution in [0.2, 0.25) is 0 Å². The Kier molecular flexibility index (Phi) is 3.83. The number of ether oxygens (including phenoxy) is 2. The fourth-order valence-corrected chi connectivity index (χ4v) is 1.43. The number of benzene rings is 1. The molecule has 0 radical (unpaired) electrons. The van der Waals surface area contributed by atoms with Crippen molar-refractivity contribution in [1.29, 1.82) is 0 Å². The van der Waals surface area contributed by atoms with Crippen molar-refractivity contribution in [2.45, 2.75) is 19.9 Å². The molecule has 0 aliphatic carbocycles. The SMILES string of the molecule is COc1cccc(N(C)C(C)C)c1OC. The summed E-state index contributed by atoms with van der Waals surface area (Å²) in [6, 6.07) is 6.32. The molecule has 0 atom stereocenters. The lowest BCUT2D eigenvalue weighted by Crippen LogP contribution is -2.26. The summed E-state index contributed by atoms with van der Waals surface area (Å²) in [6.07, 6.45) is 0. The zero-order valence-corrected chi connectivity index (χ0v) is 10.1. The van der Waals surface area contributed by atoms with Gasteiger partial charge in [-0.3, -0.25) is 0 Å². The van der Waals surface area contributed by atoms with E-state index in [9.17, 15) is 0 Å². The Balaban J connectivity index is 3.16. The van der Waals surface area contributed by atoms with E-state index in [1.807, 2.05) is 25.2 Å². The van der Waals surface area contributed by atoms with Gasteiger partial charge in [0.2, 0.25) is 0 Å². The average Bonchev–Trinajstić information content (AvgIpc) is 2.26. The highest BCUT2D eigenvalue weighted by molar-refractivity contribution is 5.64. The minimum Gasteiger partial charge on any atom is -0.493 e. The lowest BCUT2D eigenvalue weighted by atomic mass is 10.2.